The Hall–Kier alpha value is -2.24. The summed E-state index contributed by atoms with van der Waals surface area (Å²) < 4.78 is 7.59. The molecule has 0 bridgehead atoms. The molecule has 0 saturated carbocycles. The summed E-state index contributed by atoms with van der Waals surface area (Å²) in [6.45, 7) is 4.18. The molecule has 0 aliphatic carbocycles. The standard InChI is InChI=1S/C20H25ClN4O/c1-6-15(22-3)14-8-7-9-16-19(14)25(4)20(23-16)24-18-12(2)10-13(21)11-17(18)26-5/h7-11,15,22H,6H2,1-5H3,(H,23,24). The number of halogens is 1. The van der Waals surface area contributed by atoms with Gasteiger partial charge in [0.05, 0.1) is 23.8 Å². The number of imidazole rings is 1. The summed E-state index contributed by atoms with van der Waals surface area (Å²) in [4.78, 5) is 4.79. The Morgan fingerprint density at radius 3 is 2.73 bits per heavy atom. The molecule has 0 radical (unpaired) electrons. The van der Waals surface area contributed by atoms with Crippen molar-refractivity contribution in [2.24, 2.45) is 7.05 Å². The van der Waals surface area contributed by atoms with Gasteiger partial charge in [-0.2, -0.15) is 0 Å². The van der Waals surface area contributed by atoms with Gasteiger partial charge in [0.25, 0.3) is 0 Å². The molecule has 0 aliphatic heterocycles. The van der Waals surface area contributed by atoms with Crippen LogP contribution in [0.2, 0.25) is 5.02 Å². The largest absolute Gasteiger partial charge is 0.495 e. The molecular formula is C20H25ClN4O. The number of fused-ring (bicyclic) bond motifs is 1. The summed E-state index contributed by atoms with van der Waals surface area (Å²) >= 11 is 6.15. The molecule has 0 amide bonds. The average Bonchev–Trinajstić information content (AvgIpc) is 2.94. The molecule has 2 N–H and O–H groups in total. The maximum Gasteiger partial charge on any atom is 0.208 e. The Morgan fingerprint density at radius 1 is 1.31 bits per heavy atom. The Labute approximate surface area is 159 Å². The van der Waals surface area contributed by atoms with E-state index in [4.69, 9.17) is 21.3 Å². The Kier molecular flexibility index (Phi) is 5.39. The van der Waals surface area contributed by atoms with Crippen LogP contribution in [0.4, 0.5) is 11.6 Å². The van der Waals surface area contributed by atoms with Gasteiger partial charge in [-0.05, 0) is 43.7 Å². The molecule has 3 rings (SSSR count). The molecule has 138 valence electrons. The van der Waals surface area contributed by atoms with Crippen molar-refractivity contribution in [3.05, 3.63) is 46.5 Å². The van der Waals surface area contributed by atoms with Crippen molar-refractivity contribution < 1.29 is 4.74 Å². The first-order valence-electron chi connectivity index (χ1n) is 8.73. The number of anilines is 2. The molecule has 1 heterocycles. The quantitative estimate of drug-likeness (QED) is 0.642. The molecule has 1 aromatic heterocycles. The maximum atomic E-state index is 6.15. The summed E-state index contributed by atoms with van der Waals surface area (Å²) in [6.07, 6.45) is 1.01. The van der Waals surface area contributed by atoms with E-state index in [2.05, 4.69) is 34.3 Å². The summed E-state index contributed by atoms with van der Waals surface area (Å²) in [5, 5.41) is 7.46. The van der Waals surface area contributed by atoms with Crippen LogP contribution in [-0.2, 0) is 7.05 Å². The number of hydrogen-bond donors (Lipinski definition) is 2. The molecule has 0 spiro atoms. The maximum absolute atomic E-state index is 6.15. The smallest absolute Gasteiger partial charge is 0.208 e. The number of nitrogens with zero attached hydrogens (tertiary/aromatic N) is 2. The van der Waals surface area contributed by atoms with Gasteiger partial charge in [0.1, 0.15) is 5.75 Å². The van der Waals surface area contributed by atoms with Gasteiger partial charge < -0.3 is 19.9 Å². The van der Waals surface area contributed by atoms with Crippen LogP contribution in [0.1, 0.15) is 30.5 Å². The van der Waals surface area contributed by atoms with Crippen molar-refractivity contribution >= 4 is 34.3 Å². The number of aryl methyl sites for hydroxylation is 2. The molecule has 0 saturated heterocycles. The Bertz CT molecular complexity index is 931. The van der Waals surface area contributed by atoms with E-state index in [1.807, 2.05) is 33.2 Å². The van der Waals surface area contributed by atoms with E-state index in [0.717, 1.165) is 34.7 Å². The third-order valence-electron chi connectivity index (χ3n) is 4.78. The van der Waals surface area contributed by atoms with Crippen LogP contribution in [0.5, 0.6) is 5.75 Å². The third kappa shape index (κ3) is 3.24. The van der Waals surface area contributed by atoms with Crippen LogP contribution >= 0.6 is 11.6 Å². The Morgan fingerprint density at radius 2 is 2.08 bits per heavy atom. The van der Waals surface area contributed by atoms with Gasteiger partial charge in [-0.25, -0.2) is 4.98 Å². The van der Waals surface area contributed by atoms with E-state index in [-0.39, 0.29) is 6.04 Å². The predicted molar refractivity (Wildman–Crippen MR) is 109 cm³/mol. The third-order valence-corrected chi connectivity index (χ3v) is 5.00. The first kappa shape index (κ1) is 18.5. The topological polar surface area (TPSA) is 51.1 Å². The van der Waals surface area contributed by atoms with Crippen LogP contribution in [0.15, 0.2) is 30.3 Å². The molecule has 5 nitrogen and oxygen atoms in total. The normalized spacial score (nSPS) is 12.4. The summed E-state index contributed by atoms with van der Waals surface area (Å²) in [6, 6.07) is 10.3. The number of benzene rings is 2. The van der Waals surface area contributed by atoms with E-state index in [1.165, 1.54) is 5.56 Å². The lowest BCUT2D eigenvalue weighted by Gasteiger charge is -2.17. The zero-order chi connectivity index (χ0) is 18.8. The van der Waals surface area contributed by atoms with Crippen LogP contribution in [-0.4, -0.2) is 23.7 Å². The molecule has 1 unspecified atom stereocenters. The van der Waals surface area contributed by atoms with Crippen LogP contribution in [0.25, 0.3) is 11.0 Å². The first-order valence-corrected chi connectivity index (χ1v) is 9.11. The van der Waals surface area contributed by atoms with Crippen molar-refractivity contribution in [1.29, 1.82) is 0 Å². The minimum Gasteiger partial charge on any atom is -0.495 e. The van der Waals surface area contributed by atoms with Gasteiger partial charge in [-0.15, -0.1) is 0 Å². The van der Waals surface area contributed by atoms with Crippen molar-refractivity contribution in [3.63, 3.8) is 0 Å². The van der Waals surface area contributed by atoms with E-state index < -0.39 is 0 Å². The second-order valence-electron chi connectivity index (χ2n) is 6.38. The predicted octanol–water partition coefficient (Wildman–Crippen LogP) is 4.96. The molecule has 0 aliphatic rings. The molecule has 3 aromatic rings. The van der Waals surface area contributed by atoms with E-state index >= 15 is 0 Å². The van der Waals surface area contributed by atoms with Gasteiger partial charge in [-0.1, -0.05) is 30.7 Å². The number of rotatable bonds is 6. The highest BCUT2D eigenvalue weighted by Crippen LogP contribution is 2.35. The molecular weight excluding hydrogens is 348 g/mol. The SMILES string of the molecule is CCC(NC)c1cccc2nc(Nc3c(C)cc(Cl)cc3OC)n(C)c12. The molecule has 2 aromatic carbocycles. The highest BCUT2D eigenvalue weighted by molar-refractivity contribution is 6.31. The van der Waals surface area contributed by atoms with E-state index in [1.54, 1.807) is 13.2 Å². The second kappa shape index (κ2) is 7.56. The number of aromatic nitrogens is 2. The number of para-hydroxylation sites is 1. The van der Waals surface area contributed by atoms with Gasteiger partial charge in [0, 0.05) is 24.2 Å². The zero-order valence-corrected chi connectivity index (χ0v) is 16.6. The van der Waals surface area contributed by atoms with Gasteiger partial charge in [0.15, 0.2) is 0 Å². The molecule has 1 atom stereocenters. The minimum absolute atomic E-state index is 0.286. The van der Waals surface area contributed by atoms with Crippen molar-refractivity contribution in [3.8, 4) is 5.75 Å². The number of nitrogens with one attached hydrogen (secondary N) is 2. The highest BCUT2D eigenvalue weighted by Gasteiger charge is 2.18. The Balaban J connectivity index is 2.11. The van der Waals surface area contributed by atoms with Gasteiger partial charge in [0.2, 0.25) is 5.95 Å². The van der Waals surface area contributed by atoms with Crippen LogP contribution in [0, 0.1) is 6.92 Å². The fraction of sp³-hybridized carbons (Fsp3) is 0.350. The number of methoxy groups -OCH3 is 1. The van der Waals surface area contributed by atoms with Crippen LogP contribution in [0.3, 0.4) is 0 Å². The van der Waals surface area contributed by atoms with Crippen molar-refractivity contribution in [2.45, 2.75) is 26.3 Å². The van der Waals surface area contributed by atoms with Crippen molar-refractivity contribution in [1.82, 2.24) is 14.9 Å². The summed E-state index contributed by atoms with van der Waals surface area (Å²) in [5.74, 6) is 1.46. The van der Waals surface area contributed by atoms with Crippen LogP contribution < -0.4 is 15.4 Å². The zero-order valence-electron chi connectivity index (χ0n) is 15.9. The average molecular weight is 373 g/mol. The van der Waals surface area contributed by atoms with Gasteiger partial charge in [-0.3, -0.25) is 0 Å². The lowest BCUT2D eigenvalue weighted by Crippen LogP contribution is -2.16. The second-order valence-corrected chi connectivity index (χ2v) is 6.82. The highest BCUT2D eigenvalue weighted by atomic mass is 35.5. The molecule has 26 heavy (non-hydrogen) atoms. The number of ether oxygens (including phenoxy) is 1. The van der Waals surface area contributed by atoms with E-state index in [9.17, 15) is 0 Å². The summed E-state index contributed by atoms with van der Waals surface area (Å²) in [7, 11) is 5.66. The fourth-order valence-corrected chi connectivity index (χ4v) is 3.68. The fourth-order valence-electron chi connectivity index (χ4n) is 3.42. The van der Waals surface area contributed by atoms with Gasteiger partial charge >= 0.3 is 0 Å². The lowest BCUT2D eigenvalue weighted by molar-refractivity contribution is 0.416. The first-order chi connectivity index (χ1) is 12.5. The molecule has 6 heteroatoms. The van der Waals surface area contributed by atoms with Crippen molar-refractivity contribution in [2.75, 3.05) is 19.5 Å². The molecule has 0 fully saturated rings. The lowest BCUT2D eigenvalue weighted by atomic mass is 10.0. The minimum atomic E-state index is 0.286. The van der Waals surface area contributed by atoms with E-state index in [0.29, 0.717) is 10.8 Å². The monoisotopic (exact) mass is 372 g/mol. The summed E-state index contributed by atoms with van der Waals surface area (Å²) in [5.41, 5.74) is 5.21. The number of hydrogen-bond acceptors (Lipinski definition) is 4.